The Kier molecular flexibility index (Phi) is 7.57. The highest BCUT2D eigenvalue weighted by atomic mass is 16.3. The summed E-state index contributed by atoms with van der Waals surface area (Å²) in [6.45, 7) is 0. The van der Waals surface area contributed by atoms with Gasteiger partial charge in [0, 0.05) is 54.8 Å². The summed E-state index contributed by atoms with van der Waals surface area (Å²) >= 11 is 0. The van der Waals surface area contributed by atoms with Crippen LogP contribution in [0.5, 0.6) is 0 Å². The minimum Gasteiger partial charge on any atom is -0.454 e. The van der Waals surface area contributed by atoms with Crippen molar-refractivity contribution in [1.82, 2.24) is 9.13 Å². The van der Waals surface area contributed by atoms with Gasteiger partial charge in [-0.1, -0.05) is 146 Å². The van der Waals surface area contributed by atoms with Crippen molar-refractivity contribution in [2.45, 2.75) is 0 Å². The number of benzene rings is 10. The summed E-state index contributed by atoms with van der Waals surface area (Å²) in [5, 5.41) is 9.50. The Hall–Kier alpha value is -8.34. The molecule has 13 rings (SSSR count). The minimum atomic E-state index is 0.854. The third kappa shape index (κ3) is 5.14. The van der Waals surface area contributed by atoms with Gasteiger partial charge in [0.15, 0.2) is 5.58 Å². The first-order chi connectivity index (χ1) is 30.8. The maximum absolute atomic E-state index is 6.76. The van der Waals surface area contributed by atoms with Gasteiger partial charge in [0.25, 0.3) is 0 Å². The van der Waals surface area contributed by atoms with E-state index in [1.165, 1.54) is 60.1 Å². The fourth-order valence-electron chi connectivity index (χ4n) is 9.99. The van der Waals surface area contributed by atoms with Crippen molar-refractivity contribution in [1.29, 1.82) is 0 Å². The molecule has 0 saturated heterocycles. The van der Waals surface area contributed by atoms with Crippen LogP contribution >= 0.6 is 0 Å². The number of nitrogens with zero attached hydrogens (tertiary/aromatic N) is 3. The topological polar surface area (TPSA) is 26.2 Å². The molecule has 0 aliphatic carbocycles. The molecule has 3 aromatic heterocycles. The SMILES string of the molecule is c1ccc(-n2c3ccccc3c3ccc(-c4ccc(N(c5ccc(-n6c7ccccc7c7ccccc76)cc5)c5cccc6c5oc5ccccc56)c5ccccc45)cc32)cc1. The summed E-state index contributed by atoms with van der Waals surface area (Å²) in [4.78, 5) is 2.38. The molecule has 0 saturated carbocycles. The molecular formula is C58H37N3O. The lowest BCUT2D eigenvalue weighted by Crippen LogP contribution is -2.11. The van der Waals surface area contributed by atoms with Crippen molar-refractivity contribution in [2.24, 2.45) is 0 Å². The van der Waals surface area contributed by atoms with Crippen LogP contribution in [0.2, 0.25) is 0 Å². The minimum absolute atomic E-state index is 0.854. The van der Waals surface area contributed by atoms with Gasteiger partial charge in [0.05, 0.1) is 33.4 Å². The van der Waals surface area contributed by atoms with E-state index in [-0.39, 0.29) is 0 Å². The van der Waals surface area contributed by atoms with Crippen molar-refractivity contribution in [3.05, 3.63) is 224 Å². The molecule has 0 unspecified atom stereocenters. The molecule has 0 amide bonds. The highest BCUT2D eigenvalue weighted by Gasteiger charge is 2.23. The monoisotopic (exact) mass is 791 g/mol. The molecule has 0 atom stereocenters. The molecule has 0 N–H and O–H groups in total. The first kappa shape index (κ1) is 34.5. The molecule has 10 aromatic carbocycles. The Balaban J connectivity index is 1.02. The third-order valence-electron chi connectivity index (χ3n) is 12.7. The largest absolute Gasteiger partial charge is 0.454 e. The Morgan fingerprint density at radius 3 is 1.55 bits per heavy atom. The van der Waals surface area contributed by atoms with Gasteiger partial charge in [-0.15, -0.1) is 0 Å². The van der Waals surface area contributed by atoms with Crippen molar-refractivity contribution in [2.75, 3.05) is 4.90 Å². The lowest BCUT2D eigenvalue weighted by molar-refractivity contribution is 0.669. The Bertz CT molecular complexity index is 3820. The van der Waals surface area contributed by atoms with Gasteiger partial charge in [-0.2, -0.15) is 0 Å². The first-order valence-electron chi connectivity index (χ1n) is 21.2. The van der Waals surface area contributed by atoms with E-state index in [1.807, 2.05) is 6.07 Å². The predicted octanol–water partition coefficient (Wildman–Crippen LogP) is 16.1. The zero-order valence-corrected chi connectivity index (χ0v) is 33.6. The summed E-state index contributed by atoms with van der Waals surface area (Å²) in [6, 6.07) is 80.9. The van der Waals surface area contributed by atoms with Crippen molar-refractivity contribution < 1.29 is 4.42 Å². The summed E-state index contributed by atoms with van der Waals surface area (Å²) in [7, 11) is 0. The molecule has 0 radical (unpaired) electrons. The van der Waals surface area contributed by atoms with E-state index in [9.17, 15) is 0 Å². The molecule has 62 heavy (non-hydrogen) atoms. The van der Waals surface area contributed by atoms with Crippen LogP contribution in [0.25, 0.3) is 98.8 Å². The van der Waals surface area contributed by atoms with Crippen molar-refractivity contribution >= 4 is 93.4 Å². The lowest BCUT2D eigenvalue weighted by Gasteiger charge is -2.28. The van der Waals surface area contributed by atoms with Gasteiger partial charge in [0.1, 0.15) is 5.58 Å². The van der Waals surface area contributed by atoms with Crippen LogP contribution in [0.3, 0.4) is 0 Å². The average molecular weight is 792 g/mol. The number of fused-ring (bicyclic) bond motifs is 10. The van der Waals surface area contributed by atoms with E-state index in [1.54, 1.807) is 0 Å². The van der Waals surface area contributed by atoms with Gasteiger partial charge < -0.3 is 18.5 Å². The number of anilines is 3. The molecular weight excluding hydrogens is 755 g/mol. The molecule has 13 aromatic rings. The second-order valence-corrected chi connectivity index (χ2v) is 16.1. The maximum atomic E-state index is 6.76. The number of hydrogen-bond donors (Lipinski definition) is 0. The number of para-hydroxylation sites is 6. The summed E-state index contributed by atoms with van der Waals surface area (Å²) in [6.07, 6.45) is 0. The summed E-state index contributed by atoms with van der Waals surface area (Å²) < 4.78 is 11.5. The molecule has 0 spiro atoms. The summed E-state index contributed by atoms with van der Waals surface area (Å²) in [5.41, 5.74) is 14.2. The van der Waals surface area contributed by atoms with Gasteiger partial charge in [-0.05, 0) is 95.4 Å². The van der Waals surface area contributed by atoms with E-state index in [0.29, 0.717) is 0 Å². The average Bonchev–Trinajstić information content (AvgIpc) is 4.00. The van der Waals surface area contributed by atoms with Crippen LogP contribution in [0.15, 0.2) is 229 Å². The molecule has 3 heterocycles. The van der Waals surface area contributed by atoms with E-state index < -0.39 is 0 Å². The highest BCUT2D eigenvalue weighted by molar-refractivity contribution is 6.15. The van der Waals surface area contributed by atoms with Gasteiger partial charge >= 0.3 is 0 Å². The second-order valence-electron chi connectivity index (χ2n) is 16.1. The van der Waals surface area contributed by atoms with E-state index in [4.69, 9.17) is 4.42 Å². The molecule has 0 aliphatic rings. The number of rotatable bonds is 6. The zero-order chi connectivity index (χ0) is 40.7. The molecule has 0 fully saturated rings. The van der Waals surface area contributed by atoms with E-state index >= 15 is 0 Å². The summed E-state index contributed by atoms with van der Waals surface area (Å²) in [5.74, 6) is 0. The standard InChI is InChI=1S/C58H37N3O/c1-2-15-39(16-3-1)61-53-26-12-8-21-47(53)48-34-29-38(37-56(48)61)42-35-36-54(44-18-5-4-17-43(42)44)60(55-27-14-23-50-49-22-9-13-28-57(49)62-58(50)55)41-32-30-40(31-33-41)59-51-24-10-6-19-45(51)46-20-7-11-25-52(46)59/h1-37H. The third-order valence-corrected chi connectivity index (χ3v) is 12.7. The van der Waals surface area contributed by atoms with Crippen molar-refractivity contribution in [3.63, 3.8) is 0 Å². The van der Waals surface area contributed by atoms with Crippen LogP contribution in [0.4, 0.5) is 17.1 Å². The van der Waals surface area contributed by atoms with Gasteiger partial charge in [-0.25, -0.2) is 0 Å². The van der Waals surface area contributed by atoms with E-state index in [2.05, 4.69) is 232 Å². The Labute approximate surface area is 357 Å². The second kappa shape index (κ2) is 13.6. The molecule has 0 bridgehead atoms. The Morgan fingerprint density at radius 2 is 0.855 bits per heavy atom. The predicted molar refractivity (Wildman–Crippen MR) is 260 cm³/mol. The smallest absolute Gasteiger partial charge is 0.159 e. The highest BCUT2D eigenvalue weighted by Crippen LogP contribution is 2.47. The Morgan fingerprint density at radius 1 is 0.323 bits per heavy atom. The van der Waals surface area contributed by atoms with E-state index in [0.717, 1.165) is 55.8 Å². The molecule has 4 nitrogen and oxygen atoms in total. The fourth-order valence-corrected chi connectivity index (χ4v) is 9.99. The van der Waals surface area contributed by atoms with Crippen molar-refractivity contribution in [3.8, 4) is 22.5 Å². The molecule has 0 aliphatic heterocycles. The van der Waals surface area contributed by atoms with Gasteiger partial charge in [-0.3, -0.25) is 0 Å². The quantitative estimate of drug-likeness (QED) is 0.168. The van der Waals surface area contributed by atoms with Crippen LogP contribution < -0.4 is 4.90 Å². The van der Waals surface area contributed by atoms with Crippen LogP contribution in [-0.2, 0) is 0 Å². The molecule has 290 valence electrons. The number of furan rings is 1. The zero-order valence-electron chi connectivity index (χ0n) is 33.6. The lowest BCUT2D eigenvalue weighted by atomic mass is 9.95. The normalized spacial score (nSPS) is 11.9. The number of aromatic nitrogens is 2. The number of hydrogen-bond acceptors (Lipinski definition) is 2. The van der Waals surface area contributed by atoms with Crippen LogP contribution in [0.1, 0.15) is 0 Å². The maximum Gasteiger partial charge on any atom is 0.159 e. The first-order valence-corrected chi connectivity index (χ1v) is 21.2. The fraction of sp³-hybridized carbons (Fsp3) is 0. The van der Waals surface area contributed by atoms with Crippen LogP contribution in [0, 0.1) is 0 Å². The molecule has 4 heteroatoms. The van der Waals surface area contributed by atoms with Gasteiger partial charge in [0.2, 0.25) is 0 Å². The van der Waals surface area contributed by atoms with Crippen LogP contribution in [-0.4, -0.2) is 9.13 Å².